The third-order valence-electron chi connectivity index (χ3n) is 3.41. The van der Waals surface area contributed by atoms with Crippen molar-refractivity contribution >= 4 is 35.2 Å². The largest absolute Gasteiger partial charge is 0.465 e. The number of carbonyl (C=O) groups excluding carboxylic acids is 1. The van der Waals surface area contributed by atoms with Crippen molar-refractivity contribution in [3.8, 4) is 5.69 Å². The normalized spacial score (nSPS) is 12.2. The summed E-state index contributed by atoms with van der Waals surface area (Å²) in [5.41, 5.74) is -2.13. The van der Waals surface area contributed by atoms with Crippen molar-refractivity contribution in [3.63, 3.8) is 0 Å². The molecule has 138 valence electrons. The Kier molecular flexibility index (Phi) is 5.77. The van der Waals surface area contributed by atoms with E-state index in [0.29, 0.717) is 6.20 Å². The molecule has 2 rings (SSSR count). The fourth-order valence-corrected chi connectivity index (χ4v) is 2.44. The number of hydrogen-bond acceptors (Lipinski definition) is 4. The molecule has 0 unspecified atom stereocenters. The van der Waals surface area contributed by atoms with Crippen LogP contribution in [-0.2, 0) is 15.7 Å². The average Bonchev–Trinajstić information content (AvgIpc) is 2.57. The molecule has 0 amide bonds. The second-order valence-electron chi connectivity index (χ2n) is 5.09. The van der Waals surface area contributed by atoms with Crippen LogP contribution in [0.15, 0.2) is 34.2 Å². The summed E-state index contributed by atoms with van der Waals surface area (Å²) < 4.78 is 43.8. The molecule has 0 bridgehead atoms. The third-order valence-corrected chi connectivity index (χ3v) is 4.02. The highest BCUT2D eigenvalue weighted by Gasteiger charge is 2.34. The van der Waals surface area contributed by atoms with E-state index in [0.717, 1.165) is 18.7 Å². The van der Waals surface area contributed by atoms with Gasteiger partial charge in [0, 0.05) is 10.6 Å². The van der Waals surface area contributed by atoms with Crippen LogP contribution < -0.4 is 5.56 Å². The molecule has 5 nitrogen and oxygen atoms in total. The van der Waals surface area contributed by atoms with Crippen molar-refractivity contribution < 1.29 is 22.7 Å². The van der Waals surface area contributed by atoms with Gasteiger partial charge in [-0.25, -0.2) is 4.79 Å². The topological polar surface area (TPSA) is 61.2 Å². The molecule has 1 heterocycles. The lowest BCUT2D eigenvalue weighted by Crippen LogP contribution is -2.27. The summed E-state index contributed by atoms with van der Waals surface area (Å²) in [4.78, 5) is 23.6. The molecule has 26 heavy (non-hydrogen) atoms. The van der Waals surface area contributed by atoms with Gasteiger partial charge in [0.05, 0.1) is 24.6 Å². The Hall–Kier alpha value is -2.32. The van der Waals surface area contributed by atoms with Crippen molar-refractivity contribution in [1.29, 1.82) is 0 Å². The molecule has 0 saturated carbocycles. The first-order chi connectivity index (χ1) is 12.1. The van der Waals surface area contributed by atoms with E-state index >= 15 is 0 Å². The molecule has 0 fully saturated rings. The van der Waals surface area contributed by atoms with Gasteiger partial charge in [-0.1, -0.05) is 23.2 Å². The van der Waals surface area contributed by atoms with Gasteiger partial charge >= 0.3 is 12.1 Å². The number of alkyl halides is 3. The monoisotopic (exact) mass is 406 g/mol. The second-order valence-corrected chi connectivity index (χ2v) is 5.90. The lowest BCUT2D eigenvalue weighted by Gasteiger charge is -2.12. The van der Waals surface area contributed by atoms with E-state index in [4.69, 9.17) is 23.2 Å². The molecule has 1 aromatic heterocycles. The maximum atomic E-state index is 12.9. The van der Waals surface area contributed by atoms with Gasteiger partial charge < -0.3 is 4.74 Å². The molecular formula is C16H11Cl2F3N2O3. The minimum absolute atomic E-state index is 0.150. The van der Waals surface area contributed by atoms with Crippen LogP contribution >= 0.6 is 23.2 Å². The van der Waals surface area contributed by atoms with E-state index in [1.807, 2.05) is 0 Å². The number of halogens is 5. The summed E-state index contributed by atoms with van der Waals surface area (Å²) in [6.07, 6.45) is -2.90. The van der Waals surface area contributed by atoms with Gasteiger partial charge in [-0.2, -0.15) is 23.0 Å². The Morgan fingerprint density at radius 3 is 2.58 bits per heavy atom. The maximum Gasteiger partial charge on any atom is 0.418 e. The Morgan fingerprint density at radius 2 is 2.00 bits per heavy atom. The average molecular weight is 407 g/mol. The Morgan fingerprint density at radius 1 is 1.35 bits per heavy atom. The Bertz CT molecular complexity index is 953. The summed E-state index contributed by atoms with van der Waals surface area (Å²) in [5, 5.41) is 3.51. The van der Waals surface area contributed by atoms with E-state index < -0.39 is 28.8 Å². The molecule has 10 heteroatoms. The van der Waals surface area contributed by atoms with Gasteiger partial charge in [0.2, 0.25) is 0 Å². The zero-order valence-corrected chi connectivity index (χ0v) is 14.9. The van der Waals surface area contributed by atoms with Gasteiger partial charge in [0.25, 0.3) is 5.56 Å². The quantitative estimate of drug-likeness (QED) is 0.571. The lowest BCUT2D eigenvalue weighted by atomic mass is 10.1. The van der Waals surface area contributed by atoms with Crippen LogP contribution in [0.2, 0.25) is 5.02 Å². The van der Waals surface area contributed by atoms with Crippen LogP contribution in [0, 0.1) is 6.92 Å². The summed E-state index contributed by atoms with van der Waals surface area (Å²) >= 11 is 11.8. The molecule has 0 saturated heterocycles. The number of rotatable bonds is 3. The Labute approximate surface area is 155 Å². The van der Waals surface area contributed by atoms with E-state index in [1.54, 1.807) is 0 Å². The van der Waals surface area contributed by atoms with Crippen LogP contribution in [0.3, 0.4) is 0 Å². The number of hydrogen-bond donors (Lipinski definition) is 0. The van der Waals surface area contributed by atoms with Crippen molar-refractivity contribution in [2.24, 2.45) is 0 Å². The number of nitrogens with zero attached hydrogens (tertiary/aromatic N) is 2. The van der Waals surface area contributed by atoms with Gasteiger partial charge in [-0.15, -0.1) is 0 Å². The van der Waals surface area contributed by atoms with E-state index in [2.05, 4.69) is 9.84 Å². The zero-order chi connectivity index (χ0) is 19.6. The summed E-state index contributed by atoms with van der Waals surface area (Å²) in [7, 11) is 1.14. The van der Waals surface area contributed by atoms with Crippen LogP contribution in [0.1, 0.15) is 16.7 Å². The minimum atomic E-state index is -4.68. The number of aromatic nitrogens is 2. The molecule has 0 spiro atoms. The van der Waals surface area contributed by atoms with Gasteiger partial charge in [0.15, 0.2) is 0 Å². The molecule has 0 aliphatic rings. The minimum Gasteiger partial charge on any atom is -0.465 e. The van der Waals surface area contributed by atoms with Crippen LogP contribution in [-0.4, -0.2) is 22.9 Å². The first-order valence-corrected chi connectivity index (χ1v) is 7.73. The molecule has 0 radical (unpaired) electrons. The maximum absolute atomic E-state index is 12.9. The highest BCUT2D eigenvalue weighted by Crippen LogP contribution is 2.30. The van der Waals surface area contributed by atoms with Gasteiger partial charge in [-0.3, -0.25) is 4.79 Å². The standard InChI is InChI=1S/C16H11Cl2F3N2O3/c1-8-11(16(19,20)21)7-22-23(14(8)24)10-3-4-12(17)9(5-10)6-13(18)15(25)26-2/h3-7H,1-2H3/b13-6-. The number of esters is 1. The lowest BCUT2D eigenvalue weighted by molar-refractivity contribution is -0.138. The molecule has 1 aromatic carbocycles. The van der Waals surface area contributed by atoms with Crippen LogP contribution in [0.5, 0.6) is 0 Å². The van der Waals surface area contributed by atoms with E-state index in [-0.39, 0.29) is 21.3 Å². The Balaban J connectivity index is 2.58. The van der Waals surface area contributed by atoms with Crippen molar-refractivity contribution in [3.05, 3.63) is 61.5 Å². The highest BCUT2D eigenvalue weighted by molar-refractivity contribution is 6.43. The van der Waals surface area contributed by atoms with Crippen molar-refractivity contribution in [2.45, 2.75) is 13.1 Å². The summed E-state index contributed by atoms with van der Waals surface area (Å²) in [5.74, 6) is -0.797. The fraction of sp³-hybridized carbons (Fsp3) is 0.188. The SMILES string of the molecule is COC(=O)/C(Cl)=C/c1cc(-n2ncc(C(F)(F)F)c(C)c2=O)ccc1Cl. The van der Waals surface area contributed by atoms with Gasteiger partial charge in [0.1, 0.15) is 5.03 Å². The number of methoxy groups -OCH3 is 1. The molecule has 0 atom stereocenters. The first kappa shape index (κ1) is 20.0. The molecule has 0 N–H and O–H groups in total. The summed E-state index contributed by atoms with van der Waals surface area (Å²) in [6.45, 7) is 1.06. The molecular weight excluding hydrogens is 396 g/mol. The highest BCUT2D eigenvalue weighted by atomic mass is 35.5. The second kappa shape index (κ2) is 7.51. The smallest absolute Gasteiger partial charge is 0.418 e. The zero-order valence-electron chi connectivity index (χ0n) is 13.4. The fourth-order valence-electron chi connectivity index (χ4n) is 2.07. The first-order valence-electron chi connectivity index (χ1n) is 6.98. The van der Waals surface area contributed by atoms with Crippen LogP contribution in [0.4, 0.5) is 13.2 Å². The summed E-state index contributed by atoms with van der Waals surface area (Å²) in [6, 6.07) is 4.15. The van der Waals surface area contributed by atoms with Crippen molar-refractivity contribution in [2.75, 3.05) is 7.11 Å². The molecule has 0 aliphatic heterocycles. The van der Waals surface area contributed by atoms with Gasteiger partial charge in [-0.05, 0) is 36.8 Å². The van der Waals surface area contributed by atoms with Crippen molar-refractivity contribution in [1.82, 2.24) is 9.78 Å². The number of benzene rings is 1. The van der Waals surface area contributed by atoms with E-state index in [1.165, 1.54) is 24.3 Å². The number of ether oxygens (including phenoxy) is 1. The predicted molar refractivity (Wildman–Crippen MR) is 90.4 cm³/mol. The molecule has 2 aromatic rings. The number of carbonyl (C=O) groups is 1. The molecule has 0 aliphatic carbocycles. The third kappa shape index (κ3) is 4.08. The van der Waals surface area contributed by atoms with E-state index in [9.17, 15) is 22.8 Å². The van der Waals surface area contributed by atoms with Crippen LogP contribution in [0.25, 0.3) is 11.8 Å². The predicted octanol–water partition coefficient (Wildman–Crippen LogP) is 3.97.